The number of carbonyl (C=O) groups excluding carboxylic acids is 2. The van der Waals surface area contributed by atoms with Gasteiger partial charge in [-0.15, -0.1) is 0 Å². The van der Waals surface area contributed by atoms with Crippen molar-refractivity contribution >= 4 is 74.4 Å². The van der Waals surface area contributed by atoms with Crippen molar-refractivity contribution in [3.05, 3.63) is 61.5 Å². The maximum atomic E-state index is 12.0. The topological polar surface area (TPSA) is 76.7 Å². The zero-order chi connectivity index (χ0) is 21.1. The van der Waals surface area contributed by atoms with E-state index in [4.69, 9.17) is 44.9 Å². The number of hydrogen-bond donors (Lipinski definition) is 2. The lowest BCUT2D eigenvalue weighted by Gasteiger charge is -2.17. The van der Waals surface area contributed by atoms with E-state index in [1.165, 1.54) is 13.2 Å². The minimum atomic E-state index is -0.579. The van der Waals surface area contributed by atoms with Crippen LogP contribution in [0.2, 0.25) is 10.0 Å². The lowest BCUT2D eigenvalue weighted by molar-refractivity contribution is -0.123. The maximum Gasteiger partial charge on any atom is 0.263 e. The summed E-state index contributed by atoms with van der Waals surface area (Å²) >= 11 is 20.2. The highest BCUT2D eigenvalue weighted by atomic mass is 79.9. The minimum absolute atomic E-state index is 0.0279. The molecule has 2 amide bonds. The lowest BCUT2D eigenvalue weighted by atomic mass is 10.1. The summed E-state index contributed by atoms with van der Waals surface area (Å²) in [7, 11) is 1.49. The van der Waals surface area contributed by atoms with Gasteiger partial charge in [-0.05, 0) is 53.7 Å². The highest BCUT2D eigenvalue weighted by Crippen LogP contribution is 2.35. The van der Waals surface area contributed by atoms with Crippen molar-refractivity contribution in [1.29, 1.82) is 0 Å². The molecule has 150 valence electrons. The second-order valence-electron chi connectivity index (χ2n) is 5.86. The monoisotopic (exact) mass is 514 g/mol. The third kappa shape index (κ3) is 5.08. The van der Waals surface area contributed by atoms with E-state index in [0.29, 0.717) is 31.6 Å². The first-order valence-electron chi connectivity index (χ1n) is 8.11. The third-order valence-corrected chi connectivity index (χ3v) is 5.53. The zero-order valence-electron chi connectivity index (χ0n) is 14.8. The van der Waals surface area contributed by atoms with E-state index in [9.17, 15) is 9.59 Å². The Labute approximate surface area is 190 Å². The summed E-state index contributed by atoms with van der Waals surface area (Å²) in [5.41, 5.74) is 1.30. The number of thiocarbonyl (C=S) groups is 1. The van der Waals surface area contributed by atoms with E-state index in [2.05, 4.69) is 26.6 Å². The first-order valence-corrected chi connectivity index (χ1v) is 10.1. The number of benzene rings is 2. The molecule has 0 aliphatic carbocycles. The van der Waals surface area contributed by atoms with Gasteiger partial charge in [-0.2, -0.15) is 0 Å². The molecular formula is C19H13BrCl2N2O4S. The summed E-state index contributed by atoms with van der Waals surface area (Å²) in [5.74, 6) is -0.271. The molecule has 0 spiro atoms. The van der Waals surface area contributed by atoms with Gasteiger partial charge >= 0.3 is 0 Å². The third-order valence-electron chi connectivity index (χ3n) is 3.90. The summed E-state index contributed by atoms with van der Waals surface area (Å²) < 4.78 is 11.8. The molecule has 1 saturated heterocycles. The van der Waals surface area contributed by atoms with Crippen LogP contribution in [-0.4, -0.2) is 24.0 Å². The van der Waals surface area contributed by atoms with Gasteiger partial charge in [0.05, 0.1) is 17.2 Å². The quantitative estimate of drug-likeness (QED) is 0.353. The Morgan fingerprint density at radius 1 is 1.07 bits per heavy atom. The molecule has 0 atom stereocenters. The van der Waals surface area contributed by atoms with Crippen molar-refractivity contribution in [3.8, 4) is 11.5 Å². The molecule has 29 heavy (non-hydrogen) atoms. The number of rotatable bonds is 5. The number of hydrogen-bond acceptors (Lipinski definition) is 5. The first-order chi connectivity index (χ1) is 13.8. The van der Waals surface area contributed by atoms with Crippen molar-refractivity contribution in [2.75, 3.05) is 7.11 Å². The molecule has 6 nitrogen and oxygen atoms in total. The van der Waals surface area contributed by atoms with Crippen molar-refractivity contribution in [3.63, 3.8) is 0 Å². The Bertz CT molecular complexity index is 1040. The molecule has 0 aromatic heterocycles. The normalized spacial score (nSPS) is 13.7. The van der Waals surface area contributed by atoms with E-state index < -0.39 is 11.8 Å². The highest BCUT2D eigenvalue weighted by Gasteiger charge is 2.26. The average Bonchev–Trinajstić information content (AvgIpc) is 2.66. The molecule has 10 heteroatoms. The van der Waals surface area contributed by atoms with Crippen LogP contribution in [0.1, 0.15) is 11.1 Å². The van der Waals surface area contributed by atoms with E-state index in [1.807, 2.05) is 0 Å². The molecule has 2 aromatic carbocycles. The van der Waals surface area contributed by atoms with Gasteiger partial charge in [0.15, 0.2) is 16.6 Å². The number of halogens is 3. The number of methoxy groups -OCH3 is 1. The average molecular weight is 516 g/mol. The molecule has 1 aliphatic rings. The summed E-state index contributed by atoms with van der Waals surface area (Å²) in [6.07, 6.45) is 1.43. The second-order valence-corrected chi connectivity index (χ2v) is 7.93. The van der Waals surface area contributed by atoms with Crippen LogP contribution in [-0.2, 0) is 16.2 Å². The van der Waals surface area contributed by atoms with Crippen molar-refractivity contribution in [1.82, 2.24) is 10.6 Å². The van der Waals surface area contributed by atoms with Crippen LogP contribution in [0.15, 0.2) is 40.4 Å². The molecule has 2 aromatic rings. The largest absolute Gasteiger partial charge is 0.493 e. The fraction of sp³-hybridized carbons (Fsp3) is 0.105. The molecule has 0 radical (unpaired) electrons. The molecule has 0 saturated carbocycles. The van der Waals surface area contributed by atoms with Crippen molar-refractivity contribution < 1.29 is 19.1 Å². The van der Waals surface area contributed by atoms with Crippen LogP contribution < -0.4 is 20.1 Å². The Hall–Kier alpha value is -2.13. The molecule has 1 aliphatic heterocycles. The van der Waals surface area contributed by atoms with Crippen molar-refractivity contribution in [2.24, 2.45) is 0 Å². The van der Waals surface area contributed by atoms with E-state index in [-0.39, 0.29) is 17.3 Å². The van der Waals surface area contributed by atoms with E-state index in [0.717, 1.165) is 5.56 Å². The van der Waals surface area contributed by atoms with Crippen LogP contribution in [0.5, 0.6) is 11.5 Å². The Morgan fingerprint density at radius 2 is 1.76 bits per heavy atom. The molecule has 1 heterocycles. The summed E-state index contributed by atoms with van der Waals surface area (Å²) in [4.78, 5) is 24.1. The highest BCUT2D eigenvalue weighted by molar-refractivity contribution is 9.10. The molecule has 2 N–H and O–H groups in total. The van der Waals surface area contributed by atoms with Crippen LogP contribution >= 0.6 is 51.3 Å². The SMILES string of the molecule is COc1cc(C=C2C(=O)NC(=S)NC2=O)c(Br)cc1OCc1ccc(Cl)c(Cl)c1. The van der Waals surface area contributed by atoms with Crippen LogP contribution in [0, 0.1) is 0 Å². The second kappa shape index (κ2) is 9.13. The molecule has 1 fully saturated rings. The minimum Gasteiger partial charge on any atom is -0.493 e. The molecular weight excluding hydrogens is 503 g/mol. The molecule has 0 unspecified atom stereocenters. The number of nitrogens with one attached hydrogen (secondary N) is 2. The van der Waals surface area contributed by atoms with E-state index >= 15 is 0 Å². The fourth-order valence-corrected chi connectivity index (χ4v) is 3.43. The number of amides is 2. The van der Waals surface area contributed by atoms with E-state index in [1.54, 1.807) is 30.3 Å². The molecule has 3 rings (SSSR count). The van der Waals surface area contributed by atoms with Gasteiger partial charge in [0.25, 0.3) is 11.8 Å². The standard InChI is InChI=1S/C19H13BrCl2N2O4S/c1-27-15-6-10(5-11-17(25)23-19(29)24-18(11)26)12(20)7-16(15)28-8-9-2-3-13(21)14(22)4-9/h2-7H,8H2,1H3,(H2,23,24,25,26,29). The number of ether oxygens (including phenoxy) is 2. The van der Waals surface area contributed by atoms with Crippen molar-refractivity contribution in [2.45, 2.75) is 6.61 Å². The van der Waals surface area contributed by atoms with Gasteiger partial charge in [0, 0.05) is 4.47 Å². The first kappa shape index (κ1) is 21.6. The molecule has 0 bridgehead atoms. The van der Waals surface area contributed by atoms with Crippen LogP contribution in [0.3, 0.4) is 0 Å². The fourth-order valence-electron chi connectivity index (χ4n) is 2.49. The maximum absolute atomic E-state index is 12.0. The predicted octanol–water partition coefficient (Wildman–Crippen LogP) is 4.26. The van der Waals surface area contributed by atoms with Gasteiger partial charge in [-0.1, -0.05) is 45.2 Å². The Morgan fingerprint density at radius 3 is 2.38 bits per heavy atom. The van der Waals surface area contributed by atoms with Gasteiger partial charge in [-0.25, -0.2) is 0 Å². The zero-order valence-corrected chi connectivity index (χ0v) is 18.8. The smallest absolute Gasteiger partial charge is 0.263 e. The van der Waals surface area contributed by atoms with Gasteiger partial charge in [0.2, 0.25) is 0 Å². The number of carbonyl (C=O) groups is 2. The van der Waals surface area contributed by atoms with Gasteiger partial charge in [0.1, 0.15) is 12.2 Å². The summed E-state index contributed by atoms with van der Waals surface area (Å²) in [6, 6.07) is 8.55. The Kier molecular flexibility index (Phi) is 6.79. The Balaban J connectivity index is 1.86. The lowest BCUT2D eigenvalue weighted by Crippen LogP contribution is -2.51. The van der Waals surface area contributed by atoms with Crippen LogP contribution in [0.4, 0.5) is 0 Å². The summed E-state index contributed by atoms with van der Waals surface area (Å²) in [6.45, 7) is 0.238. The predicted molar refractivity (Wildman–Crippen MR) is 118 cm³/mol. The van der Waals surface area contributed by atoms with Gasteiger partial charge in [-0.3, -0.25) is 20.2 Å². The van der Waals surface area contributed by atoms with Gasteiger partial charge < -0.3 is 9.47 Å². The van der Waals surface area contributed by atoms with Crippen LogP contribution in [0.25, 0.3) is 6.08 Å². The summed E-state index contributed by atoms with van der Waals surface area (Å²) in [5, 5.41) is 5.65.